The molecule has 0 unspecified atom stereocenters. The molecule has 0 aromatic rings. The molecule has 0 radical (unpaired) electrons. The largest absolute Gasteiger partial charge is 1.00 e. The van der Waals surface area contributed by atoms with E-state index in [4.69, 9.17) is 26.3 Å². The van der Waals surface area contributed by atoms with Crippen LogP contribution in [0.2, 0.25) is 0 Å². The van der Waals surface area contributed by atoms with Gasteiger partial charge in [-0.25, -0.2) is 0 Å². The van der Waals surface area contributed by atoms with E-state index in [-0.39, 0.29) is 59.1 Å². The van der Waals surface area contributed by atoms with Gasteiger partial charge in [-0.3, -0.25) is 0 Å². The average Bonchev–Trinajstić information content (AvgIpc) is 2.26. The van der Waals surface area contributed by atoms with Gasteiger partial charge in [0.2, 0.25) is 0 Å². The predicted octanol–water partition coefficient (Wildman–Crippen LogP) is -5.69. The van der Waals surface area contributed by atoms with Gasteiger partial charge in [-0.1, -0.05) is 0 Å². The molecule has 0 N–H and O–H groups in total. The van der Waals surface area contributed by atoms with Gasteiger partial charge in [0.05, 0.1) is 0 Å². The van der Waals surface area contributed by atoms with Gasteiger partial charge in [-0.15, -0.1) is 0 Å². The number of hydrogen-bond acceptors (Lipinski definition) is 7. The third kappa shape index (κ3) is 2.08. The minimum atomic E-state index is -6.40. The molecule has 0 spiro atoms. The van der Waals surface area contributed by atoms with E-state index < -0.39 is 11.0 Å². The third-order valence-electron chi connectivity index (χ3n) is 1.13. The van der Waals surface area contributed by atoms with E-state index in [2.05, 4.69) is 0 Å². The topological polar surface area (TPSA) is 148 Å². The summed E-state index contributed by atoms with van der Waals surface area (Å²) in [5.41, 5.74) is 0. The van der Waals surface area contributed by atoms with Crippen molar-refractivity contribution in [3.63, 3.8) is 0 Å². The first-order valence-electron chi connectivity index (χ1n) is 2.34. The van der Waals surface area contributed by atoms with Crippen molar-refractivity contribution < 1.29 is 70.1 Å². The van der Waals surface area contributed by atoms with E-state index >= 15 is 0 Å². The summed E-state index contributed by atoms with van der Waals surface area (Å²) in [6.07, 6.45) is 0. The Kier molecular flexibility index (Phi) is 6.77. The minimum Gasteiger partial charge on any atom is 1.00 e. The maximum Gasteiger partial charge on any atom is 1.00 e. The van der Waals surface area contributed by atoms with Crippen LogP contribution in [-0.2, 0) is 11.0 Å². The van der Waals surface area contributed by atoms with Crippen molar-refractivity contribution in [3.8, 4) is 24.8 Å². The van der Waals surface area contributed by atoms with Gasteiger partial charge in [-0.05, 0) is 0 Å². The van der Waals surface area contributed by atoms with Crippen molar-refractivity contribution in [1.82, 2.24) is 0 Å². The monoisotopic (exact) mass is 262 g/mol. The van der Waals surface area contributed by atoms with Crippen LogP contribution in [0.5, 0.6) is 0 Å². The Hall–Kier alpha value is -0.431. The Labute approximate surface area is 129 Å². The maximum absolute atomic E-state index is 10.3. The second-order valence-corrected chi connectivity index (χ2v) is 7.17. The number of rotatable bonds is 1. The molecular weight excluding hydrogens is 262 g/mol. The van der Waals surface area contributed by atoms with E-state index in [1.807, 2.05) is 4.19 Å². The molecule has 10 heteroatoms. The standard InChI is InChI=1S/5CN.Fe.NO.2Na/c5*1-2;;1-2;;/q;;;;;2*-1;2*+1. The number of nitroso groups, excluding NO2 is 1. The van der Waals surface area contributed by atoms with Gasteiger partial charge >= 0.3 is 130 Å². The van der Waals surface area contributed by atoms with Crippen LogP contribution in [0.25, 0.3) is 0 Å². The molecule has 66 valence electrons. The zero-order valence-corrected chi connectivity index (χ0v) is 13.0. The number of hydrogen-bond donors (Lipinski definition) is 0. The molecule has 0 aromatic carbocycles. The molecule has 0 bridgehead atoms. The first-order valence-corrected chi connectivity index (χ1v) is 5.60. The number of nitriles is 5. The summed E-state index contributed by atoms with van der Waals surface area (Å²) in [6.45, 7) is 0. The molecule has 0 saturated carbocycles. The van der Waals surface area contributed by atoms with Crippen molar-refractivity contribution in [3.05, 3.63) is 4.91 Å². The summed E-state index contributed by atoms with van der Waals surface area (Å²) in [7, 11) is -6.40. The Balaban J connectivity index is -0.000000720. The average molecular weight is 262 g/mol. The van der Waals surface area contributed by atoms with Crippen LogP contribution in [-0.4, -0.2) is 0 Å². The molecule has 0 fully saturated rings. The summed E-state index contributed by atoms with van der Waals surface area (Å²) < 4.78 is 1.97. The fourth-order valence-corrected chi connectivity index (χ4v) is 1.03. The van der Waals surface area contributed by atoms with Gasteiger partial charge in [-0.2, -0.15) is 0 Å². The minimum absolute atomic E-state index is 0. The van der Waals surface area contributed by atoms with Gasteiger partial charge in [0, 0.05) is 0 Å². The van der Waals surface area contributed by atoms with Crippen LogP contribution in [0.4, 0.5) is 0 Å². The quantitative estimate of drug-likeness (QED) is 0.339. The van der Waals surface area contributed by atoms with Crippen LogP contribution in [0, 0.1) is 56.1 Å². The summed E-state index contributed by atoms with van der Waals surface area (Å²) in [4.78, 5) is 14.9. The van der Waals surface area contributed by atoms with Gasteiger partial charge < -0.3 is 0 Å². The molecule has 0 aromatic heterocycles. The Morgan fingerprint density at radius 1 is 0.733 bits per heavy atom. The molecule has 0 atom stereocenters. The van der Waals surface area contributed by atoms with E-state index in [0.717, 1.165) is 24.8 Å². The Morgan fingerprint density at radius 2 is 0.933 bits per heavy atom. The summed E-state index contributed by atoms with van der Waals surface area (Å²) in [6, 6.07) is 0. The molecular formula is C5FeN6Na2O. The van der Waals surface area contributed by atoms with Gasteiger partial charge in [0.1, 0.15) is 0 Å². The zero-order chi connectivity index (χ0) is 10.7. The Bertz CT molecular complexity index is 402. The maximum atomic E-state index is 10.3. The fraction of sp³-hybridized carbons (Fsp3) is 0. The van der Waals surface area contributed by atoms with Crippen molar-refractivity contribution >= 4 is 0 Å². The molecule has 0 aliphatic heterocycles. The summed E-state index contributed by atoms with van der Waals surface area (Å²) in [5.74, 6) is 0. The van der Waals surface area contributed by atoms with Gasteiger partial charge in [0.25, 0.3) is 0 Å². The van der Waals surface area contributed by atoms with Crippen LogP contribution in [0.3, 0.4) is 0 Å². The van der Waals surface area contributed by atoms with Crippen LogP contribution < -0.4 is 59.1 Å². The van der Waals surface area contributed by atoms with Crippen LogP contribution in [0.15, 0.2) is 4.19 Å². The smallest absolute Gasteiger partial charge is 1.00 e. The van der Waals surface area contributed by atoms with E-state index in [9.17, 15) is 4.91 Å². The molecule has 0 amide bonds. The first kappa shape index (κ1) is 20.0. The van der Waals surface area contributed by atoms with Crippen molar-refractivity contribution in [2.24, 2.45) is 4.19 Å². The molecule has 0 rings (SSSR count). The second kappa shape index (κ2) is 5.07. The first-order chi connectivity index (χ1) is 5.97. The second-order valence-electron chi connectivity index (χ2n) is 1.74. The Morgan fingerprint density at radius 3 is 0.933 bits per heavy atom. The van der Waals surface area contributed by atoms with Crippen molar-refractivity contribution in [2.45, 2.75) is 0 Å². The molecule has 0 aliphatic carbocycles. The fourth-order valence-electron chi connectivity index (χ4n) is 0.249. The number of nitrogens with zero attached hydrogens (tertiary/aromatic N) is 6. The van der Waals surface area contributed by atoms with E-state index in [1.54, 1.807) is 0 Å². The van der Waals surface area contributed by atoms with Crippen LogP contribution >= 0.6 is 0 Å². The van der Waals surface area contributed by atoms with E-state index in [1.165, 1.54) is 0 Å². The zero-order valence-electron chi connectivity index (χ0n) is 7.95. The van der Waals surface area contributed by atoms with Gasteiger partial charge in [0.15, 0.2) is 0 Å². The molecule has 0 saturated heterocycles. The predicted molar refractivity (Wildman–Crippen MR) is 33.9 cm³/mol. The van der Waals surface area contributed by atoms with E-state index in [0.29, 0.717) is 0 Å². The third-order valence-corrected chi connectivity index (χ3v) is 4.65. The summed E-state index contributed by atoms with van der Waals surface area (Å²) >= 11 is 0. The molecule has 0 aliphatic rings. The molecule has 0 heterocycles. The molecule has 7 nitrogen and oxygen atoms in total. The van der Waals surface area contributed by atoms with Crippen LogP contribution in [0.1, 0.15) is 0 Å². The molecule has 15 heavy (non-hydrogen) atoms. The van der Waals surface area contributed by atoms with Crippen molar-refractivity contribution in [1.29, 1.82) is 26.3 Å². The summed E-state index contributed by atoms with van der Waals surface area (Å²) in [5, 5.41) is 42.5. The SMILES string of the molecule is N#[C][Fe-2]([C]#N)([C]#N)([C]#N)([C]#N)[N]=O.[Na+].[Na+]. The van der Waals surface area contributed by atoms with Crippen molar-refractivity contribution in [2.75, 3.05) is 0 Å². The normalized spacial score (nSPS) is 11.9.